The predicted molar refractivity (Wildman–Crippen MR) is 216 cm³/mol. The highest BCUT2D eigenvalue weighted by Crippen LogP contribution is 2.30. The van der Waals surface area contributed by atoms with E-state index in [0.29, 0.717) is 31.2 Å². The molecule has 0 aliphatic carbocycles. The second kappa shape index (κ2) is 20.5. The van der Waals surface area contributed by atoms with Gasteiger partial charge in [-0.1, -0.05) is 63.6 Å². The first-order valence-electron chi connectivity index (χ1n) is 19.5. The van der Waals surface area contributed by atoms with Gasteiger partial charge in [0.1, 0.15) is 18.7 Å². The number of thiazole rings is 1. The minimum absolute atomic E-state index is 0.0232. The molecule has 57 heavy (non-hydrogen) atoms. The molecule has 310 valence electrons. The number of nitrogens with zero attached hydrogens (tertiary/aromatic N) is 2. The fourth-order valence-corrected chi connectivity index (χ4v) is 7.69. The molecule has 0 unspecified atom stereocenters. The number of aliphatic hydroxyl groups excluding tert-OH is 1. The van der Waals surface area contributed by atoms with Crippen molar-refractivity contribution in [2.45, 2.75) is 123 Å². The smallest absolute Gasteiger partial charge is 0.246 e. The number of carbonyl (C=O) groups is 5. The lowest BCUT2D eigenvalue weighted by Gasteiger charge is -2.35. The van der Waals surface area contributed by atoms with Crippen molar-refractivity contribution in [3.63, 3.8) is 0 Å². The second-order valence-corrected chi connectivity index (χ2v) is 16.7. The summed E-state index contributed by atoms with van der Waals surface area (Å²) in [5.74, 6) is -2.42. The Bertz CT molecular complexity index is 1860. The summed E-state index contributed by atoms with van der Waals surface area (Å²) in [6.07, 6.45) is 1.79. The minimum Gasteiger partial charge on any atom is -0.488 e. The van der Waals surface area contributed by atoms with Gasteiger partial charge in [-0.3, -0.25) is 24.0 Å². The van der Waals surface area contributed by atoms with Crippen LogP contribution >= 0.6 is 11.3 Å². The molecule has 1 aliphatic rings. The molecule has 1 aliphatic heterocycles. The van der Waals surface area contributed by atoms with Crippen LogP contribution < -0.4 is 26.4 Å². The van der Waals surface area contributed by atoms with Gasteiger partial charge in [0.05, 0.1) is 34.3 Å². The number of carbonyl (C=O) groups excluding carboxylic acids is 5. The second-order valence-electron chi connectivity index (χ2n) is 15.9. The lowest BCUT2D eigenvalue weighted by molar-refractivity contribution is -0.144. The van der Waals surface area contributed by atoms with E-state index in [4.69, 9.17) is 10.5 Å². The van der Waals surface area contributed by atoms with Gasteiger partial charge in [-0.2, -0.15) is 0 Å². The minimum atomic E-state index is -0.941. The summed E-state index contributed by atoms with van der Waals surface area (Å²) in [7, 11) is 0. The fourth-order valence-electron chi connectivity index (χ4n) is 6.88. The van der Waals surface area contributed by atoms with Crippen LogP contribution in [0, 0.1) is 18.2 Å². The van der Waals surface area contributed by atoms with E-state index in [1.807, 2.05) is 58.9 Å². The maximum atomic E-state index is 15.3. The molecule has 6 N–H and O–H groups in total. The maximum absolute atomic E-state index is 15.3. The van der Waals surface area contributed by atoms with E-state index < -0.39 is 47.3 Å². The lowest BCUT2D eigenvalue weighted by atomic mass is 9.85. The maximum Gasteiger partial charge on any atom is 0.246 e. The first-order valence-corrected chi connectivity index (χ1v) is 20.4. The van der Waals surface area contributed by atoms with Crippen LogP contribution in [0.1, 0.15) is 102 Å². The molecule has 5 amide bonds. The van der Waals surface area contributed by atoms with Crippen LogP contribution in [0.15, 0.2) is 48.0 Å². The number of amides is 5. The van der Waals surface area contributed by atoms with Crippen molar-refractivity contribution >= 4 is 40.9 Å². The Morgan fingerprint density at radius 1 is 1.04 bits per heavy atom. The highest BCUT2D eigenvalue weighted by atomic mass is 32.1. The molecule has 15 heteroatoms. The molecule has 2 heterocycles. The van der Waals surface area contributed by atoms with Crippen molar-refractivity contribution in [3.8, 4) is 16.2 Å². The van der Waals surface area contributed by atoms with Crippen LogP contribution in [-0.2, 0) is 30.4 Å². The Morgan fingerprint density at radius 2 is 1.75 bits per heavy atom. The number of primary amides is 1. The van der Waals surface area contributed by atoms with E-state index >= 15 is 4.39 Å². The molecule has 0 spiro atoms. The van der Waals surface area contributed by atoms with Crippen molar-refractivity contribution in [1.82, 2.24) is 25.8 Å². The Hall–Kier alpha value is -4.89. The molecule has 4 rings (SSSR count). The molecule has 1 aromatic heterocycles. The molecule has 1 saturated heterocycles. The van der Waals surface area contributed by atoms with Gasteiger partial charge < -0.3 is 36.4 Å². The molecule has 5 atom stereocenters. The highest BCUT2D eigenvalue weighted by molar-refractivity contribution is 7.13. The van der Waals surface area contributed by atoms with E-state index in [9.17, 15) is 29.1 Å². The number of ether oxygens (including phenoxy) is 1. The zero-order valence-corrected chi connectivity index (χ0v) is 34.5. The predicted octanol–water partition coefficient (Wildman–Crippen LogP) is 4.88. The van der Waals surface area contributed by atoms with Gasteiger partial charge in [0.25, 0.3) is 0 Å². The van der Waals surface area contributed by atoms with Gasteiger partial charge in [0.2, 0.25) is 29.5 Å². The number of likely N-dealkylation sites (tertiary alicyclic amines) is 1. The number of halogens is 1. The monoisotopic (exact) mass is 808 g/mol. The summed E-state index contributed by atoms with van der Waals surface area (Å²) in [5, 5.41) is 19.2. The average Bonchev–Trinajstić information content (AvgIpc) is 3.76. The van der Waals surface area contributed by atoms with Crippen LogP contribution in [-0.4, -0.2) is 81.9 Å². The van der Waals surface area contributed by atoms with Gasteiger partial charge in [-0.05, 0) is 67.7 Å². The number of aliphatic hydroxyl groups is 1. The van der Waals surface area contributed by atoms with Crippen LogP contribution in [0.25, 0.3) is 10.4 Å². The third-order valence-corrected chi connectivity index (χ3v) is 11.0. The quantitative estimate of drug-likeness (QED) is 0.106. The first-order chi connectivity index (χ1) is 26.9. The Labute approximate surface area is 338 Å². The number of aromatic nitrogens is 1. The van der Waals surface area contributed by atoms with E-state index in [1.165, 1.54) is 17.9 Å². The highest BCUT2D eigenvalue weighted by Gasteiger charge is 2.44. The number of aryl methyl sites for hydroxylation is 2. The summed E-state index contributed by atoms with van der Waals surface area (Å²) < 4.78 is 20.9. The van der Waals surface area contributed by atoms with Gasteiger partial charge in [-0.25, -0.2) is 9.37 Å². The van der Waals surface area contributed by atoms with Crippen molar-refractivity contribution in [2.24, 2.45) is 11.1 Å². The normalized spacial score (nSPS) is 17.0. The average molecular weight is 809 g/mol. The van der Waals surface area contributed by atoms with Gasteiger partial charge in [0, 0.05) is 32.7 Å². The van der Waals surface area contributed by atoms with Gasteiger partial charge in [-0.15, -0.1) is 11.3 Å². The molecule has 0 radical (unpaired) electrons. The lowest BCUT2D eigenvalue weighted by Crippen LogP contribution is -2.57. The Morgan fingerprint density at radius 3 is 2.39 bits per heavy atom. The van der Waals surface area contributed by atoms with Crippen molar-refractivity contribution in [1.29, 1.82) is 0 Å². The fraction of sp³-hybridized carbons (Fsp3) is 0.524. The molecule has 13 nitrogen and oxygen atoms in total. The summed E-state index contributed by atoms with van der Waals surface area (Å²) in [6.45, 7) is 10.6. The molecular formula is C42H57FN6O7S. The van der Waals surface area contributed by atoms with Crippen LogP contribution in [0.5, 0.6) is 5.75 Å². The molecular weight excluding hydrogens is 752 g/mol. The Balaban J connectivity index is 1.28. The largest absolute Gasteiger partial charge is 0.488 e. The first kappa shape index (κ1) is 44.8. The molecule has 3 aromatic rings. The number of hydrogen-bond acceptors (Lipinski definition) is 9. The van der Waals surface area contributed by atoms with Gasteiger partial charge >= 0.3 is 0 Å². The van der Waals surface area contributed by atoms with E-state index in [0.717, 1.165) is 21.7 Å². The third kappa shape index (κ3) is 13.1. The summed E-state index contributed by atoms with van der Waals surface area (Å²) >= 11 is 1.57. The van der Waals surface area contributed by atoms with Gasteiger partial charge in [0.15, 0.2) is 11.6 Å². The van der Waals surface area contributed by atoms with E-state index in [1.54, 1.807) is 29.0 Å². The van der Waals surface area contributed by atoms with Crippen molar-refractivity contribution < 1.29 is 38.2 Å². The SMILES string of the molecule is CC(=O)N[C@@H](CCC(N)=O)COc1cccc(CCCCCC(=O)N[C@H](C(=O)N2C[C@H](O)C[C@H]2C(=O)N[C@@H](C)c2ccc(-c3scnc3C)cc2)C(C)(C)C)c1F. The number of hydrogen-bond donors (Lipinski definition) is 5. The number of rotatable bonds is 19. The zero-order chi connectivity index (χ0) is 41.9. The number of nitrogens with two attached hydrogens (primary N) is 1. The topological polar surface area (TPSA) is 193 Å². The molecule has 2 aromatic carbocycles. The summed E-state index contributed by atoms with van der Waals surface area (Å²) in [6, 6.07) is 10.0. The molecule has 0 saturated carbocycles. The van der Waals surface area contributed by atoms with Crippen LogP contribution in [0.3, 0.4) is 0 Å². The van der Waals surface area contributed by atoms with E-state index in [2.05, 4.69) is 20.9 Å². The standard InChI is InChI=1S/C42H57FN6O7S/c1-25(28-15-17-30(18-16-28)38-26(2)45-24-57-38)46-40(54)33-21-32(51)22-49(33)41(55)39(42(4,5)6)48-36(53)14-9-7-8-11-29-12-10-13-34(37(29)43)56-23-31(47-27(3)50)19-20-35(44)52/h10,12-13,15-18,24-25,31-33,39,51H,7-9,11,14,19-23H2,1-6H3,(H2,44,52)(H,46,54)(H,47,50)(H,48,53)/t25-,31-,32+,33-,39+/m0/s1. The third-order valence-electron chi connectivity index (χ3n) is 10.0. The van der Waals surface area contributed by atoms with Crippen LogP contribution in [0.2, 0.25) is 0 Å². The van der Waals surface area contributed by atoms with Crippen molar-refractivity contribution in [3.05, 3.63) is 70.6 Å². The van der Waals surface area contributed by atoms with Crippen molar-refractivity contribution in [2.75, 3.05) is 13.2 Å². The number of β-amino-alcohol motifs (C(OH)–C–C–N with tert-alkyl or cyclic N) is 1. The van der Waals surface area contributed by atoms with Crippen LogP contribution in [0.4, 0.5) is 4.39 Å². The molecule has 1 fully saturated rings. The summed E-state index contributed by atoms with van der Waals surface area (Å²) in [5.41, 5.74) is 9.68. The number of unbranched alkanes of at least 4 members (excludes halogenated alkanes) is 2. The zero-order valence-electron chi connectivity index (χ0n) is 33.7. The van der Waals surface area contributed by atoms with E-state index in [-0.39, 0.29) is 68.3 Å². The summed E-state index contributed by atoms with van der Waals surface area (Å²) in [4.78, 5) is 70.4. The Kier molecular flexibility index (Phi) is 16.1. The molecule has 0 bridgehead atoms. The number of benzene rings is 2. The number of nitrogens with one attached hydrogen (secondary N) is 3.